The zero-order valence-corrected chi connectivity index (χ0v) is 15.0. The van der Waals surface area contributed by atoms with E-state index in [4.69, 9.17) is 0 Å². The molecule has 146 valence electrons. The molecule has 8 heteroatoms. The first-order chi connectivity index (χ1) is 14.0. The van der Waals surface area contributed by atoms with Crippen LogP contribution in [0.3, 0.4) is 0 Å². The zero-order chi connectivity index (χ0) is 20.5. The van der Waals surface area contributed by atoms with Crippen LogP contribution in [0.15, 0.2) is 54.9 Å². The van der Waals surface area contributed by atoms with Crippen LogP contribution in [0.2, 0.25) is 0 Å². The monoisotopic (exact) mass is 397 g/mol. The first kappa shape index (κ1) is 18.7. The molecule has 0 saturated carbocycles. The van der Waals surface area contributed by atoms with Gasteiger partial charge in [0.25, 0.3) is 11.8 Å². The van der Waals surface area contributed by atoms with E-state index in [-0.39, 0.29) is 5.91 Å². The van der Waals surface area contributed by atoms with Gasteiger partial charge in [0.2, 0.25) is 0 Å². The van der Waals surface area contributed by atoms with Crippen LogP contribution in [0.5, 0.6) is 0 Å². The Hall–Kier alpha value is -3.68. The summed E-state index contributed by atoms with van der Waals surface area (Å²) in [6.07, 6.45) is 3.65. The van der Waals surface area contributed by atoms with Gasteiger partial charge in [0.1, 0.15) is 0 Å². The highest BCUT2D eigenvalue weighted by molar-refractivity contribution is 6.08. The summed E-state index contributed by atoms with van der Waals surface area (Å²) in [7, 11) is 0. The highest BCUT2D eigenvalue weighted by atomic mass is 19.2. The van der Waals surface area contributed by atoms with Gasteiger partial charge in [-0.25, -0.2) is 13.2 Å². The lowest BCUT2D eigenvalue weighted by Gasteiger charge is -2.17. The maximum Gasteiger partial charge on any atom is 0.259 e. The lowest BCUT2D eigenvalue weighted by molar-refractivity contribution is 0.0986. The summed E-state index contributed by atoms with van der Waals surface area (Å²) in [6, 6.07) is 9.83. The number of nitrogens with one attached hydrogen (secondary N) is 1. The average molecular weight is 397 g/mol. The Labute approximate surface area is 163 Å². The number of benzene rings is 2. The molecule has 1 aliphatic heterocycles. The van der Waals surface area contributed by atoms with E-state index in [2.05, 4.69) is 10.3 Å². The lowest BCUT2D eigenvalue weighted by Crippen LogP contribution is -2.28. The normalized spacial score (nSPS) is 12.6. The van der Waals surface area contributed by atoms with Crippen molar-refractivity contribution in [3.63, 3.8) is 0 Å². The van der Waals surface area contributed by atoms with Gasteiger partial charge < -0.3 is 10.2 Å². The van der Waals surface area contributed by atoms with Crippen molar-refractivity contribution in [1.29, 1.82) is 0 Å². The van der Waals surface area contributed by atoms with Gasteiger partial charge in [0.05, 0.1) is 11.1 Å². The predicted molar refractivity (Wildman–Crippen MR) is 100 cm³/mol. The standard InChI is InChI=1S/C21H14F3N3O2/c22-16-5-4-15(18(23)19(16)24)20(28)26-14-3-6-17-12(10-14)7-9-27(17)21(29)13-2-1-8-25-11-13/h1-6,8,10-11H,7,9H2,(H,26,28). The topological polar surface area (TPSA) is 62.3 Å². The fourth-order valence-electron chi connectivity index (χ4n) is 3.24. The van der Waals surface area contributed by atoms with Crippen LogP contribution >= 0.6 is 0 Å². The largest absolute Gasteiger partial charge is 0.322 e. The molecule has 0 unspecified atom stereocenters. The molecule has 0 fully saturated rings. The summed E-state index contributed by atoms with van der Waals surface area (Å²) >= 11 is 0. The molecule has 2 heterocycles. The number of pyridine rings is 1. The van der Waals surface area contributed by atoms with Gasteiger partial charge in [-0.2, -0.15) is 0 Å². The minimum atomic E-state index is -1.70. The van der Waals surface area contributed by atoms with E-state index >= 15 is 0 Å². The SMILES string of the molecule is O=C(Nc1ccc2c(c1)CCN2C(=O)c1cccnc1)c1ccc(F)c(F)c1F. The molecule has 1 aromatic heterocycles. The van der Waals surface area contributed by atoms with Crippen molar-refractivity contribution in [2.75, 3.05) is 16.8 Å². The number of carbonyl (C=O) groups is 2. The summed E-state index contributed by atoms with van der Waals surface area (Å²) in [6.45, 7) is 0.470. The summed E-state index contributed by atoms with van der Waals surface area (Å²) in [5.41, 5.74) is 1.75. The molecule has 1 aliphatic rings. The number of nitrogens with zero attached hydrogens (tertiary/aromatic N) is 2. The van der Waals surface area contributed by atoms with Gasteiger partial charge in [-0.3, -0.25) is 14.6 Å². The number of amides is 2. The van der Waals surface area contributed by atoms with E-state index in [1.807, 2.05) is 0 Å². The zero-order valence-electron chi connectivity index (χ0n) is 15.0. The van der Waals surface area contributed by atoms with Crippen LogP contribution in [0.25, 0.3) is 0 Å². The van der Waals surface area contributed by atoms with E-state index in [0.717, 1.165) is 11.6 Å². The molecule has 2 aromatic carbocycles. The Kier molecular flexibility index (Phi) is 4.75. The van der Waals surface area contributed by atoms with Crippen LogP contribution in [0.1, 0.15) is 26.3 Å². The molecule has 3 aromatic rings. The number of rotatable bonds is 3. The van der Waals surface area contributed by atoms with Crippen molar-refractivity contribution in [2.24, 2.45) is 0 Å². The van der Waals surface area contributed by atoms with Crippen LogP contribution in [0.4, 0.5) is 24.5 Å². The molecule has 0 radical (unpaired) electrons. The Morgan fingerprint density at radius 1 is 1.03 bits per heavy atom. The first-order valence-corrected chi connectivity index (χ1v) is 8.75. The molecule has 0 bridgehead atoms. The van der Waals surface area contributed by atoms with Gasteiger partial charge in [-0.15, -0.1) is 0 Å². The molecule has 0 spiro atoms. The van der Waals surface area contributed by atoms with Crippen molar-refractivity contribution in [2.45, 2.75) is 6.42 Å². The fourth-order valence-corrected chi connectivity index (χ4v) is 3.24. The first-order valence-electron chi connectivity index (χ1n) is 8.75. The summed E-state index contributed by atoms with van der Waals surface area (Å²) in [4.78, 5) is 30.5. The summed E-state index contributed by atoms with van der Waals surface area (Å²) in [5.74, 6) is -5.69. The van der Waals surface area contributed by atoms with Gasteiger partial charge in [0.15, 0.2) is 17.5 Å². The van der Waals surface area contributed by atoms with Crippen molar-refractivity contribution in [3.05, 3.63) is 89.0 Å². The van der Waals surface area contributed by atoms with Gasteiger partial charge >= 0.3 is 0 Å². The average Bonchev–Trinajstić information content (AvgIpc) is 3.15. The maximum absolute atomic E-state index is 13.8. The van der Waals surface area contributed by atoms with Crippen LogP contribution in [0, 0.1) is 17.5 Å². The molecule has 1 N–H and O–H groups in total. The Balaban J connectivity index is 1.55. The minimum absolute atomic E-state index is 0.183. The third-order valence-electron chi connectivity index (χ3n) is 4.67. The molecule has 4 rings (SSSR count). The number of aromatic nitrogens is 1. The maximum atomic E-state index is 13.8. The van der Waals surface area contributed by atoms with Crippen molar-refractivity contribution in [1.82, 2.24) is 4.98 Å². The van der Waals surface area contributed by atoms with Crippen LogP contribution in [-0.4, -0.2) is 23.3 Å². The molecule has 2 amide bonds. The quantitative estimate of drug-likeness (QED) is 0.681. The second kappa shape index (κ2) is 7.38. The Morgan fingerprint density at radius 2 is 1.86 bits per heavy atom. The number of hydrogen-bond acceptors (Lipinski definition) is 3. The predicted octanol–water partition coefficient (Wildman–Crippen LogP) is 3.95. The smallest absolute Gasteiger partial charge is 0.259 e. The highest BCUT2D eigenvalue weighted by Gasteiger charge is 2.26. The number of carbonyl (C=O) groups excluding carboxylic acids is 2. The van der Waals surface area contributed by atoms with Crippen molar-refractivity contribution < 1.29 is 22.8 Å². The summed E-state index contributed by atoms with van der Waals surface area (Å²) in [5, 5.41) is 2.47. The molecule has 29 heavy (non-hydrogen) atoms. The molecule has 5 nitrogen and oxygen atoms in total. The second-order valence-electron chi connectivity index (χ2n) is 6.47. The second-order valence-corrected chi connectivity index (χ2v) is 6.47. The third-order valence-corrected chi connectivity index (χ3v) is 4.67. The van der Waals surface area contributed by atoms with Crippen molar-refractivity contribution in [3.8, 4) is 0 Å². The van der Waals surface area contributed by atoms with E-state index in [9.17, 15) is 22.8 Å². The van der Waals surface area contributed by atoms with E-state index in [0.29, 0.717) is 36.0 Å². The molecular formula is C21H14F3N3O2. The number of fused-ring (bicyclic) bond motifs is 1. The van der Waals surface area contributed by atoms with E-state index in [1.165, 1.54) is 6.20 Å². The van der Waals surface area contributed by atoms with Gasteiger partial charge in [-0.1, -0.05) is 0 Å². The number of hydrogen-bond donors (Lipinski definition) is 1. The summed E-state index contributed by atoms with van der Waals surface area (Å²) < 4.78 is 40.2. The fraction of sp³-hybridized carbons (Fsp3) is 0.0952. The van der Waals surface area contributed by atoms with Gasteiger partial charge in [-0.05, 0) is 54.4 Å². The molecule has 0 saturated heterocycles. The van der Waals surface area contributed by atoms with Gasteiger partial charge in [0, 0.05) is 30.3 Å². The third kappa shape index (κ3) is 3.44. The van der Waals surface area contributed by atoms with E-state index < -0.39 is 28.9 Å². The Bertz CT molecular complexity index is 1120. The number of anilines is 2. The number of halogens is 3. The molecular weight excluding hydrogens is 383 g/mol. The van der Waals surface area contributed by atoms with E-state index in [1.54, 1.807) is 41.4 Å². The molecule has 0 atom stereocenters. The Morgan fingerprint density at radius 3 is 2.62 bits per heavy atom. The minimum Gasteiger partial charge on any atom is -0.322 e. The van der Waals surface area contributed by atoms with Crippen LogP contribution < -0.4 is 10.2 Å². The highest BCUT2D eigenvalue weighted by Crippen LogP contribution is 2.32. The van der Waals surface area contributed by atoms with Crippen LogP contribution in [-0.2, 0) is 6.42 Å². The lowest BCUT2D eigenvalue weighted by atomic mass is 10.1. The molecule has 0 aliphatic carbocycles. The van der Waals surface area contributed by atoms with Crippen molar-refractivity contribution >= 4 is 23.2 Å².